The fraction of sp³-hybridized carbons (Fsp3) is 0.0870. The van der Waals surface area contributed by atoms with Gasteiger partial charge in [0.1, 0.15) is 5.82 Å². The van der Waals surface area contributed by atoms with Crippen molar-refractivity contribution in [3.05, 3.63) is 96.7 Å². The zero-order valence-electron chi connectivity index (χ0n) is 15.5. The molecule has 144 valence electrons. The van der Waals surface area contributed by atoms with Crippen LogP contribution in [0, 0.1) is 5.82 Å². The van der Waals surface area contributed by atoms with Crippen LogP contribution in [0.15, 0.2) is 85.3 Å². The van der Waals surface area contributed by atoms with Crippen molar-refractivity contribution < 1.29 is 9.50 Å². The molecule has 0 bridgehead atoms. The third-order valence-electron chi connectivity index (χ3n) is 4.54. The second-order valence-corrected chi connectivity index (χ2v) is 6.51. The van der Waals surface area contributed by atoms with E-state index in [0.717, 1.165) is 22.3 Å². The lowest BCUT2D eigenvalue weighted by molar-refractivity contribution is 0.191. The van der Waals surface area contributed by atoms with Gasteiger partial charge in [-0.15, -0.1) is 0 Å². The molecule has 0 saturated heterocycles. The SMILES string of the molecule is OC(CNc1ncc(-c2ccc(F)cc2)c(-c2ccncc2)n1)c1ccccc1. The van der Waals surface area contributed by atoms with Crippen LogP contribution in [0.5, 0.6) is 0 Å². The number of nitrogens with zero attached hydrogens (tertiary/aromatic N) is 3. The lowest BCUT2D eigenvalue weighted by Crippen LogP contribution is -2.14. The molecule has 5 nitrogen and oxygen atoms in total. The van der Waals surface area contributed by atoms with Gasteiger partial charge in [0, 0.05) is 36.3 Å². The highest BCUT2D eigenvalue weighted by Gasteiger charge is 2.13. The Hall–Kier alpha value is -3.64. The summed E-state index contributed by atoms with van der Waals surface area (Å²) in [5.41, 5.74) is 3.98. The van der Waals surface area contributed by atoms with Gasteiger partial charge in [-0.2, -0.15) is 0 Å². The molecule has 6 heteroatoms. The molecule has 29 heavy (non-hydrogen) atoms. The molecule has 2 heterocycles. The maximum absolute atomic E-state index is 13.3. The van der Waals surface area contributed by atoms with Crippen molar-refractivity contribution in [1.82, 2.24) is 15.0 Å². The number of aromatic nitrogens is 3. The molecule has 0 spiro atoms. The molecule has 0 aliphatic rings. The standard InChI is InChI=1S/C23H19FN4O/c24-19-8-6-16(7-9-19)20-14-26-23(28-22(20)18-10-12-25-13-11-18)27-15-21(29)17-4-2-1-3-5-17/h1-14,21,29H,15H2,(H,26,27,28). The quantitative estimate of drug-likeness (QED) is 0.511. The fourth-order valence-electron chi connectivity index (χ4n) is 3.02. The van der Waals surface area contributed by atoms with Crippen molar-refractivity contribution in [2.24, 2.45) is 0 Å². The minimum Gasteiger partial charge on any atom is -0.387 e. The molecular weight excluding hydrogens is 367 g/mol. The average Bonchev–Trinajstić information content (AvgIpc) is 2.79. The van der Waals surface area contributed by atoms with Gasteiger partial charge in [-0.05, 0) is 35.4 Å². The summed E-state index contributed by atoms with van der Waals surface area (Å²) in [6.07, 6.45) is 4.41. The van der Waals surface area contributed by atoms with Gasteiger partial charge >= 0.3 is 0 Å². The Bertz CT molecular complexity index is 1070. The number of benzene rings is 2. The summed E-state index contributed by atoms with van der Waals surface area (Å²) >= 11 is 0. The van der Waals surface area contributed by atoms with E-state index in [1.54, 1.807) is 30.7 Å². The van der Waals surface area contributed by atoms with Crippen molar-refractivity contribution >= 4 is 5.95 Å². The van der Waals surface area contributed by atoms with Gasteiger partial charge in [0.2, 0.25) is 5.95 Å². The van der Waals surface area contributed by atoms with Crippen LogP contribution in [-0.4, -0.2) is 26.6 Å². The first kappa shape index (κ1) is 18.7. The second kappa shape index (κ2) is 8.58. The highest BCUT2D eigenvalue weighted by molar-refractivity contribution is 5.80. The van der Waals surface area contributed by atoms with E-state index in [1.165, 1.54) is 12.1 Å². The molecule has 0 saturated carbocycles. The monoisotopic (exact) mass is 386 g/mol. The van der Waals surface area contributed by atoms with Crippen LogP contribution >= 0.6 is 0 Å². The number of nitrogens with one attached hydrogen (secondary N) is 1. The van der Waals surface area contributed by atoms with Gasteiger partial charge in [0.05, 0.1) is 11.8 Å². The lowest BCUT2D eigenvalue weighted by atomic mass is 10.0. The van der Waals surface area contributed by atoms with Crippen LogP contribution in [0.1, 0.15) is 11.7 Å². The van der Waals surface area contributed by atoms with Gasteiger partial charge in [0.25, 0.3) is 0 Å². The van der Waals surface area contributed by atoms with Crippen LogP contribution in [0.2, 0.25) is 0 Å². The highest BCUT2D eigenvalue weighted by atomic mass is 19.1. The molecule has 4 aromatic rings. The van der Waals surface area contributed by atoms with Crippen LogP contribution < -0.4 is 5.32 Å². The summed E-state index contributed by atoms with van der Waals surface area (Å²) in [6.45, 7) is 0.274. The van der Waals surface area contributed by atoms with E-state index in [2.05, 4.69) is 20.3 Å². The van der Waals surface area contributed by atoms with Gasteiger partial charge in [-0.25, -0.2) is 14.4 Å². The largest absolute Gasteiger partial charge is 0.387 e. The van der Waals surface area contributed by atoms with Crippen molar-refractivity contribution in [3.8, 4) is 22.4 Å². The van der Waals surface area contributed by atoms with Crippen LogP contribution in [0.4, 0.5) is 10.3 Å². The molecular formula is C23H19FN4O. The van der Waals surface area contributed by atoms with Crippen molar-refractivity contribution in [1.29, 1.82) is 0 Å². The number of rotatable bonds is 6. The number of halogens is 1. The normalized spacial score (nSPS) is 11.8. The third kappa shape index (κ3) is 4.44. The fourth-order valence-corrected chi connectivity index (χ4v) is 3.02. The molecule has 2 aromatic carbocycles. The smallest absolute Gasteiger partial charge is 0.223 e. The van der Waals surface area contributed by atoms with E-state index >= 15 is 0 Å². The summed E-state index contributed by atoms with van der Waals surface area (Å²) < 4.78 is 13.3. The molecule has 0 aliphatic heterocycles. The van der Waals surface area contributed by atoms with E-state index < -0.39 is 6.10 Å². The Balaban J connectivity index is 1.64. The lowest BCUT2D eigenvalue weighted by Gasteiger charge is -2.14. The van der Waals surface area contributed by atoms with Crippen molar-refractivity contribution in [3.63, 3.8) is 0 Å². The van der Waals surface area contributed by atoms with Gasteiger partial charge in [-0.3, -0.25) is 4.98 Å². The van der Waals surface area contributed by atoms with E-state index in [9.17, 15) is 9.50 Å². The molecule has 0 fully saturated rings. The number of aliphatic hydroxyl groups excluding tert-OH is 1. The third-order valence-corrected chi connectivity index (χ3v) is 4.54. The summed E-state index contributed by atoms with van der Waals surface area (Å²) in [4.78, 5) is 13.1. The first-order chi connectivity index (χ1) is 14.2. The molecule has 0 aliphatic carbocycles. The minimum absolute atomic E-state index is 0.274. The number of hydrogen-bond donors (Lipinski definition) is 2. The van der Waals surface area contributed by atoms with Crippen LogP contribution in [0.3, 0.4) is 0 Å². The first-order valence-corrected chi connectivity index (χ1v) is 9.21. The molecule has 1 atom stereocenters. The van der Waals surface area contributed by atoms with E-state index in [0.29, 0.717) is 11.6 Å². The molecule has 2 N–H and O–H groups in total. The predicted molar refractivity (Wildman–Crippen MR) is 111 cm³/mol. The van der Waals surface area contributed by atoms with E-state index in [4.69, 9.17) is 0 Å². The Morgan fingerprint density at radius 2 is 1.62 bits per heavy atom. The Morgan fingerprint density at radius 1 is 0.897 bits per heavy atom. The maximum atomic E-state index is 13.3. The summed E-state index contributed by atoms with van der Waals surface area (Å²) in [5.74, 6) is 0.103. The molecule has 0 radical (unpaired) electrons. The number of aliphatic hydroxyl groups is 1. The number of hydrogen-bond acceptors (Lipinski definition) is 5. The highest BCUT2D eigenvalue weighted by Crippen LogP contribution is 2.30. The summed E-state index contributed by atoms with van der Waals surface area (Å²) in [7, 11) is 0. The first-order valence-electron chi connectivity index (χ1n) is 9.21. The van der Waals surface area contributed by atoms with E-state index in [1.807, 2.05) is 42.5 Å². The predicted octanol–water partition coefficient (Wildman–Crippen LogP) is 4.49. The summed E-state index contributed by atoms with van der Waals surface area (Å²) in [5, 5.41) is 13.5. The minimum atomic E-state index is -0.680. The molecule has 1 unspecified atom stereocenters. The Morgan fingerprint density at radius 3 is 2.34 bits per heavy atom. The number of pyridine rings is 1. The Kier molecular flexibility index (Phi) is 5.54. The van der Waals surface area contributed by atoms with Crippen molar-refractivity contribution in [2.45, 2.75) is 6.10 Å². The topological polar surface area (TPSA) is 70.9 Å². The van der Waals surface area contributed by atoms with Gasteiger partial charge in [0.15, 0.2) is 0 Å². The van der Waals surface area contributed by atoms with E-state index in [-0.39, 0.29) is 12.4 Å². The van der Waals surface area contributed by atoms with Gasteiger partial charge < -0.3 is 10.4 Å². The molecule has 0 amide bonds. The number of anilines is 1. The molecule has 4 rings (SSSR count). The Labute approximate surface area is 168 Å². The van der Waals surface area contributed by atoms with Crippen LogP contribution in [-0.2, 0) is 0 Å². The zero-order valence-corrected chi connectivity index (χ0v) is 15.5. The van der Waals surface area contributed by atoms with Gasteiger partial charge in [-0.1, -0.05) is 42.5 Å². The maximum Gasteiger partial charge on any atom is 0.223 e. The molecule has 2 aromatic heterocycles. The average molecular weight is 386 g/mol. The van der Waals surface area contributed by atoms with Crippen molar-refractivity contribution in [2.75, 3.05) is 11.9 Å². The van der Waals surface area contributed by atoms with Crippen LogP contribution in [0.25, 0.3) is 22.4 Å². The second-order valence-electron chi connectivity index (χ2n) is 6.51. The zero-order chi connectivity index (χ0) is 20.1. The summed E-state index contributed by atoms with van der Waals surface area (Å²) in [6, 6.07) is 19.3.